The molecule has 4 aromatic rings. The van der Waals surface area contributed by atoms with Gasteiger partial charge in [-0.1, -0.05) is 79.6 Å². The lowest BCUT2D eigenvalue weighted by molar-refractivity contribution is -0.139. The van der Waals surface area contributed by atoms with Crippen LogP contribution in [-0.4, -0.2) is 44.3 Å². The van der Waals surface area contributed by atoms with Crippen LogP contribution in [0.15, 0.2) is 108 Å². The summed E-state index contributed by atoms with van der Waals surface area (Å²) in [5.74, 6) is 0.565. The Bertz CT molecular complexity index is 1670. The summed E-state index contributed by atoms with van der Waals surface area (Å²) in [6.07, 6.45) is 0. The normalized spacial score (nSPS) is 12.0. The van der Waals surface area contributed by atoms with Gasteiger partial charge in [0.05, 0.1) is 10.6 Å². The molecule has 8 nitrogen and oxygen atoms in total. The molecule has 9 heteroatoms. The lowest BCUT2D eigenvalue weighted by Gasteiger charge is -2.32. The first kappa shape index (κ1) is 33.3. The highest BCUT2D eigenvalue weighted by Gasteiger charge is 2.32. The Morgan fingerprint density at radius 1 is 0.756 bits per heavy atom. The quantitative estimate of drug-likeness (QED) is 0.183. The van der Waals surface area contributed by atoms with E-state index in [2.05, 4.69) is 5.32 Å². The molecule has 1 N–H and O–H groups in total. The Morgan fingerprint density at radius 3 is 1.89 bits per heavy atom. The Labute approximate surface area is 266 Å². The predicted molar refractivity (Wildman–Crippen MR) is 178 cm³/mol. The number of rotatable bonds is 13. The van der Waals surface area contributed by atoms with E-state index in [0.29, 0.717) is 18.0 Å². The monoisotopic (exact) mass is 627 g/mol. The van der Waals surface area contributed by atoms with Gasteiger partial charge < -0.3 is 15.0 Å². The summed E-state index contributed by atoms with van der Waals surface area (Å²) in [6.45, 7) is 9.57. The summed E-state index contributed by atoms with van der Waals surface area (Å²) in [6, 6.07) is 29.1. The van der Waals surface area contributed by atoms with Crippen molar-refractivity contribution in [2.24, 2.45) is 5.92 Å². The number of para-hydroxylation sites is 1. The zero-order chi connectivity index (χ0) is 32.6. The van der Waals surface area contributed by atoms with Gasteiger partial charge in [-0.2, -0.15) is 0 Å². The average Bonchev–Trinajstić information content (AvgIpc) is 3.03. The van der Waals surface area contributed by atoms with Crippen LogP contribution in [0, 0.1) is 19.8 Å². The molecule has 0 saturated heterocycles. The van der Waals surface area contributed by atoms with E-state index in [0.717, 1.165) is 21.0 Å². The average molecular weight is 628 g/mol. The van der Waals surface area contributed by atoms with Crippen LogP contribution in [0.2, 0.25) is 0 Å². The van der Waals surface area contributed by atoms with E-state index in [1.807, 2.05) is 82.3 Å². The third kappa shape index (κ3) is 8.95. The van der Waals surface area contributed by atoms with E-state index in [-0.39, 0.29) is 29.0 Å². The van der Waals surface area contributed by atoms with Gasteiger partial charge in [0, 0.05) is 13.1 Å². The molecule has 4 rings (SSSR count). The lowest BCUT2D eigenvalue weighted by Crippen LogP contribution is -2.51. The Hall–Kier alpha value is -4.63. The van der Waals surface area contributed by atoms with Crippen LogP contribution in [0.1, 0.15) is 37.5 Å². The second-order valence-electron chi connectivity index (χ2n) is 11.6. The molecule has 0 bridgehead atoms. The van der Waals surface area contributed by atoms with Gasteiger partial charge >= 0.3 is 0 Å². The first-order valence-electron chi connectivity index (χ1n) is 15.0. The number of hydrogen-bond acceptors (Lipinski definition) is 5. The van der Waals surface area contributed by atoms with Crippen molar-refractivity contribution in [1.29, 1.82) is 0 Å². The summed E-state index contributed by atoms with van der Waals surface area (Å²) in [5, 5.41) is 2.91. The SMILES string of the molecule is Cc1ccc(CN(C(=O)CN(c2ccc(Oc3ccccc3)cc2)S(=O)(=O)c2ccc(C)cc2)[C@@H](C)C(=O)NCC(C)C)cc1. The molecular weight excluding hydrogens is 586 g/mol. The maximum Gasteiger partial charge on any atom is 0.264 e. The van der Waals surface area contributed by atoms with Gasteiger partial charge in [0.2, 0.25) is 11.8 Å². The lowest BCUT2D eigenvalue weighted by atomic mass is 10.1. The van der Waals surface area contributed by atoms with E-state index in [1.165, 1.54) is 17.0 Å². The highest BCUT2D eigenvalue weighted by molar-refractivity contribution is 7.92. The van der Waals surface area contributed by atoms with Crippen molar-refractivity contribution < 1.29 is 22.7 Å². The molecule has 0 radical (unpaired) electrons. The minimum atomic E-state index is -4.17. The van der Waals surface area contributed by atoms with Crippen LogP contribution in [0.3, 0.4) is 0 Å². The van der Waals surface area contributed by atoms with E-state index in [1.54, 1.807) is 43.3 Å². The minimum absolute atomic E-state index is 0.0540. The molecule has 0 aliphatic rings. The molecule has 0 fully saturated rings. The summed E-state index contributed by atoms with van der Waals surface area (Å²) < 4.78 is 35.2. The van der Waals surface area contributed by atoms with Crippen LogP contribution in [0.25, 0.3) is 0 Å². The summed E-state index contributed by atoms with van der Waals surface area (Å²) in [7, 11) is -4.17. The Balaban J connectivity index is 1.69. The van der Waals surface area contributed by atoms with Gasteiger partial charge in [-0.3, -0.25) is 13.9 Å². The molecule has 2 amide bonds. The van der Waals surface area contributed by atoms with Crippen molar-refractivity contribution in [3.8, 4) is 11.5 Å². The molecular formula is C36H41N3O5S. The van der Waals surface area contributed by atoms with Crippen LogP contribution in [0.5, 0.6) is 11.5 Å². The molecule has 45 heavy (non-hydrogen) atoms. The Kier molecular flexibility index (Phi) is 11.0. The first-order valence-corrected chi connectivity index (χ1v) is 16.4. The standard InChI is InChI=1S/C36H41N3O5S/c1-26(2)23-37-36(41)29(5)38(24-30-15-11-27(3)12-16-30)35(40)25-39(45(42,43)34-21-13-28(4)14-22-34)31-17-19-33(20-18-31)44-32-9-7-6-8-10-32/h6-22,26,29H,23-25H2,1-5H3,(H,37,41)/t29-/m0/s1. The number of carbonyl (C=O) groups is 2. The topological polar surface area (TPSA) is 96.0 Å². The zero-order valence-corrected chi connectivity index (χ0v) is 27.3. The molecule has 236 valence electrons. The van der Waals surface area contributed by atoms with Crippen molar-refractivity contribution >= 4 is 27.5 Å². The number of nitrogens with one attached hydrogen (secondary N) is 1. The second kappa shape index (κ2) is 14.9. The van der Waals surface area contributed by atoms with Crippen molar-refractivity contribution in [3.05, 3.63) is 120 Å². The number of hydrogen-bond donors (Lipinski definition) is 1. The van der Waals surface area contributed by atoms with Crippen LogP contribution in [0.4, 0.5) is 5.69 Å². The molecule has 0 unspecified atom stereocenters. The summed E-state index contributed by atoms with van der Waals surface area (Å²) >= 11 is 0. The smallest absolute Gasteiger partial charge is 0.264 e. The van der Waals surface area contributed by atoms with Crippen molar-refractivity contribution in [1.82, 2.24) is 10.2 Å². The molecule has 0 aliphatic heterocycles. The van der Waals surface area contributed by atoms with E-state index in [4.69, 9.17) is 4.74 Å². The molecule has 1 atom stereocenters. The van der Waals surface area contributed by atoms with Gasteiger partial charge in [0.15, 0.2) is 0 Å². The molecule has 0 heterocycles. The number of nitrogens with zero attached hydrogens (tertiary/aromatic N) is 2. The highest BCUT2D eigenvalue weighted by atomic mass is 32.2. The molecule has 0 spiro atoms. The number of amides is 2. The fraction of sp³-hybridized carbons (Fsp3) is 0.278. The van der Waals surface area contributed by atoms with Gasteiger partial charge in [-0.25, -0.2) is 8.42 Å². The maximum absolute atomic E-state index is 14.1. The number of aryl methyl sites for hydroxylation is 2. The molecule has 0 aliphatic carbocycles. The van der Waals surface area contributed by atoms with Crippen LogP contribution < -0.4 is 14.4 Å². The van der Waals surface area contributed by atoms with E-state index >= 15 is 0 Å². The number of benzene rings is 4. The van der Waals surface area contributed by atoms with Gasteiger partial charge in [0.1, 0.15) is 24.1 Å². The third-order valence-electron chi connectivity index (χ3n) is 7.32. The maximum atomic E-state index is 14.1. The number of anilines is 1. The van der Waals surface area contributed by atoms with E-state index in [9.17, 15) is 18.0 Å². The van der Waals surface area contributed by atoms with Crippen LogP contribution in [-0.2, 0) is 26.2 Å². The number of carbonyl (C=O) groups excluding carboxylic acids is 2. The van der Waals surface area contributed by atoms with E-state index < -0.39 is 28.5 Å². The predicted octanol–water partition coefficient (Wildman–Crippen LogP) is 6.48. The first-order chi connectivity index (χ1) is 21.4. The molecule has 0 saturated carbocycles. The van der Waals surface area contributed by atoms with Crippen molar-refractivity contribution in [2.45, 2.75) is 52.1 Å². The highest BCUT2D eigenvalue weighted by Crippen LogP contribution is 2.29. The number of sulfonamides is 1. The zero-order valence-electron chi connectivity index (χ0n) is 26.4. The summed E-state index contributed by atoms with van der Waals surface area (Å²) in [5.41, 5.74) is 3.09. The Morgan fingerprint density at radius 2 is 1.31 bits per heavy atom. The summed E-state index contributed by atoms with van der Waals surface area (Å²) in [4.78, 5) is 28.8. The minimum Gasteiger partial charge on any atom is -0.457 e. The molecule has 4 aromatic carbocycles. The number of ether oxygens (including phenoxy) is 1. The van der Waals surface area contributed by atoms with Crippen molar-refractivity contribution in [3.63, 3.8) is 0 Å². The fourth-order valence-corrected chi connectivity index (χ4v) is 6.01. The van der Waals surface area contributed by atoms with Gasteiger partial charge in [-0.15, -0.1) is 0 Å². The third-order valence-corrected chi connectivity index (χ3v) is 9.10. The van der Waals surface area contributed by atoms with Gasteiger partial charge in [-0.05, 0) is 80.8 Å². The van der Waals surface area contributed by atoms with Crippen molar-refractivity contribution in [2.75, 3.05) is 17.4 Å². The van der Waals surface area contributed by atoms with Gasteiger partial charge in [0.25, 0.3) is 10.0 Å². The van der Waals surface area contributed by atoms with Crippen LogP contribution >= 0.6 is 0 Å². The molecule has 0 aromatic heterocycles. The largest absolute Gasteiger partial charge is 0.457 e. The fourth-order valence-electron chi connectivity index (χ4n) is 4.60. The second-order valence-corrected chi connectivity index (χ2v) is 13.4.